The van der Waals surface area contributed by atoms with Crippen LogP contribution in [-0.2, 0) is 14.4 Å². The van der Waals surface area contributed by atoms with Crippen molar-refractivity contribution >= 4 is 46.1 Å². The predicted molar refractivity (Wildman–Crippen MR) is 150 cm³/mol. The van der Waals surface area contributed by atoms with Crippen LogP contribution in [0.25, 0.3) is 0 Å². The van der Waals surface area contributed by atoms with Gasteiger partial charge in [0.25, 0.3) is 5.91 Å². The van der Waals surface area contributed by atoms with Crippen LogP contribution in [0.5, 0.6) is 11.5 Å². The second-order valence-corrected chi connectivity index (χ2v) is 10.1. The number of amidine groups is 1. The number of hydrogen-bond acceptors (Lipinski definition) is 8. The molecule has 3 aromatic rings. The standard InChI is InChI=1S/C29H26N4O5S/c1-18(34)38-23-14-10-21(11-15-23)30-27(35)17-26-28(36)31-29(39-26)33-25(20-8-12-22(37-2)13-9-20)16-24(32-33)19-6-4-3-5-7-19/h3-15,25-26H,16-17H2,1-2H3,(H,30,35)/t25-,26-/m1/s1. The maximum atomic E-state index is 12.8. The van der Waals surface area contributed by atoms with E-state index in [1.807, 2.05) is 54.6 Å². The van der Waals surface area contributed by atoms with E-state index in [2.05, 4.69) is 10.3 Å². The topological polar surface area (TPSA) is 110 Å². The molecule has 39 heavy (non-hydrogen) atoms. The molecule has 0 aromatic heterocycles. The fourth-order valence-corrected chi connectivity index (χ4v) is 5.40. The molecule has 1 N–H and O–H groups in total. The van der Waals surface area contributed by atoms with E-state index in [9.17, 15) is 14.4 Å². The number of anilines is 1. The lowest BCUT2D eigenvalue weighted by molar-refractivity contribution is -0.131. The highest BCUT2D eigenvalue weighted by molar-refractivity contribution is 8.15. The highest BCUT2D eigenvalue weighted by Gasteiger charge is 2.39. The van der Waals surface area contributed by atoms with Crippen molar-refractivity contribution in [3.8, 4) is 11.5 Å². The van der Waals surface area contributed by atoms with Crippen LogP contribution in [0.15, 0.2) is 89.0 Å². The molecule has 0 aliphatic carbocycles. The summed E-state index contributed by atoms with van der Waals surface area (Å²) in [5.74, 6) is 0.0213. The van der Waals surface area contributed by atoms with Crippen LogP contribution in [0.1, 0.15) is 36.9 Å². The Morgan fingerprint density at radius 1 is 1.00 bits per heavy atom. The first-order chi connectivity index (χ1) is 18.9. The van der Waals surface area contributed by atoms with E-state index in [-0.39, 0.29) is 24.3 Å². The number of thioether (sulfide) groups is 1. The number of nitrogens with one attached hydrogen (secondary N) is 1. The predicted octanol–water partition coefficient (Wildman–Crippen LogP) is 4.80. The lowest BCUT2D eigenvalue weighted by Gasteiger charge is -2.23. The Hall–Kier alpha value is -4.44. The third-order valence-electron chi connectivity index (χ3n) is 6.21. The fourth-order valence-electron chi connectivity index (χ4n) is 4.33. The second-order valence-electron chi connectivity index (χ2n) is 8.96. The van der Waals surface area contributed by atoms with Crippen molar-refractivity contribution < 1.29 is 23.9 Å². The van der Waals surface area contributed by atoms with Gasteiger partial charge in [0, 0.05) is 25.5 Å². The zero-order valence-corrected chi connectivity index (χ0v) is 22.2. The van der Waals surface area contributed by atoms with Crippen LogP contribution >= 0.6 is 11.8 Å². The molecule has 2 heterocycles. The molecule has 0 bridgehead atoms. The Morgan fingerprint density at radius 3 is 2.36 bits per heavy atom. The summed E-state index contributed by atoms with van der Waals surface area (Å²) in [6, 6.07) is 23.9. The number of amides is 2. The minimum absolute atomic E-state index is 0.0432. The fraction of sp³-hybridized carbons (Fsp3) is 0.207. The molecule has 0 spiro atoms. The summed E-state index contributed by atoms with van der Waals surface area (Å²) in [7, 11) is 1.62. The Balaban J connectivity index is 1.29. The Morgan fingerprint density at radius 2 is 1.69 bits per heavy atom. The van der Waals surface area contributed by atoms with Crippen molar-refractivity contribution in [3.05, 3.63) is 90.0 Å². The zero-order chi connectivity index (χ0) is 27.4. The summed E-state index contributed by atoms with van der Waals surface area (Å²) < 4.78 is 10.3. The number of carbonyl (C=O) groups excluding carboxylic acids is 3. The summed E-state index contributed by atoms with van der Waals surface area (Å²) in [4.78, 5) is 40.9. The van der Waals surface area contributed by atoms with E-state index in [0.29, 0.717) is 23.0 Å². The first-order valence-electron chi connectivity index (χ1n) is 12.3. The Labute approximate surface area is 229 Å². The minimum atomic E-state index is -0.659. The smallest absolute Gasteiger partial charge is 0.308 e. The maximum Gasteiger partial charge on any atom is 0.308 e. The van der Waals surface area contributed by atoms with Crippen molar-refractivity contribution in [3.63, 3.8) is 0 Å². The molecular weight excluding hydrogens is 516 g/mol. The molecule has 5 rings (SSSR count). The van der Waals surface area contributed by atoms with Gasteiger partial charge in [-0.2, -0.15) is 10.1 Å². The Kier molecular flexibility index (Phi) is 7.74. The van der Waals surface area contributed by atoms with Crippen molar-refractivity contribution in [1.82, 2.24) is 5.01 Å². The highest BCUT2D eigenvalue weighted by atomic mass is 32.2. The van der Waals surface area contributed by atoms with E-state index >= 15 is 0 Å². The van der Waals surface area contributed by atoms with Gasteiger partial charge in [-0.1, -0.05) is 54.2 Å². The van der Waals surface area contributed by atoms with Gasteiger partial charge in [-0.05, 0) is 47.5 Å². The van der Waals surface area contributed by atoms with Crippen LogP contribution in [0.2, 0.25) is 0 Å². The van der Waals surface area contributed by atoms with E-state index in [0.717, 1.165) is 22.6 Å². The summed E-state index contributed by atoms with van der Waals surface area (Å²) in [6.45, 7) is 1.32. The summed E-state index contributed by atoms with van der Waals surface area (Å²) in [5.41, 5.74) is 3.44. The van der Waals surface area contributed by atoms with Crippen molar-refractivity contribution in [2.75, 3.05) is 12.4 Å². The Bertz CT molecular complexity index is 1440. The molecule has 0 radical (unpaired) electrons. The molecule has 198 valence electrons. The van der Waals surface area contributed by atoms with Gasteiger partial charge in [-0.3, -0.25) is 14.4 Å². The van der Waals surface area contributed by atoms with Gasteiger partial charge in [0.15, 0.2) is 5.17 Å². The monoisotopic (exact) mass is 542 g/mol. The average molecular weight is 543 g/mol. The van der Waals surface area contributed by atoms with E-state index in [4.69, 9.17) is 14.6 Å². The summed E-state index contributed by atoms with van der Waals surface area (Å²) in [5, 5.41) is 9.24. The minimum Gasteiger partial charge on any atom is -0.497 e. The third-order valence-corrected chi connectivity index (χ3v) is 7.36. The first kappa shape index (κ1) is 26.2. The average Bonchev–Trinajstić information content (AvgIpc) is 3.54. The number of hydrogen-bond donors (Lipinski definition) is 1. The molecular formula is C29H26N4O5S. The van der Waals surface area contributed by atoms with E-state index < -0.39 is 11.2 Å². The highest BCUT2D eigenvalue weighted by Crippen LogP contribution is 2.39. The maximum absolute atomic E-state index is 12.8. The van der Waals surface area contributed by atoms with Crippen LogP contribution in [-0.4, -0.2) is 46.0 Å². The lowest BCUT2D eigenvalue weighted by atomic mass is 9.98. The van der Waals surface area contributed by atoms with Crippen LogP contribution < -0.4 is 14.8 Å². The quantitative estimate of drug-likeness (QED) is 0.337. The molecule has 0 saturated heterocycles. The number of carbonyl (C=O) groups is 3. The number of hydrazone groups is 1. The van der Waals surface area contributed by atoms with Gasteiger partial charge in [0.1, 0.15) is 16.7 Å². The van der Waals surface area contributed by atoms with Crippen LogP contribution in [0.4, 0.5) is 5.69 Å². The third kappa shape index (κ3) is 6.18. The SMILES string of the molecule is COc1ccc([C@H]2CC(c3ccccc3)=NN2C2=NC(=O)[C@@H](CC(=O)Nc3ccc(OC(C)=O)cc3)S2)cc1. The van der Waals surface area contributed by atoms with Gasteiger partial charge in [-0.15, -0.1) is 0 Å². The van der Waals surface area contributed by atoms with E-state index in [1.165, 1.54) is 18.7 Å². The van der Waals surface area contributed by atoms with Crippen LogP contribution in [0.3, 0.4) is 0 Å². The first-order valence-corrected chi connectivity index (χ1v) is 13.2. The number of nitrogens with zero attached hydrogens (tertiary/aromatic N) is 3. The van der Waals surface area contributed by atoms with Gasteiger partial charge in [0.05, 0.1) is 18.9 Å². The normalized spacial score (nSPS) is 18.4. The molecule has 0 saturated carbocycles. The second kappa shape index (κ2) is 11.5. The molecule has 2 amide bonds. The lowest BCUT2D eigenvalue weighted by Crippen LogP contribution is -2.25. The number of methoxy groups -OCH3 is 1. The van der Waals surface area contributed by atoms with Gasteiger partial charge < -0.3 is 14.8 Å². The molecule has 2 atom stereocenters. The molecule has 2 aliphatic rings. The summed E-state index contributed by atoms with van der Waals surface area (Å²) in [6.07, 6.45) is 0.594. The molecule has 10 heteroatoms. The van der Waals surface area contributed by atoms with E-state index in [1.54, 1.807) is 36.4 Å². The number of ether oxygens (including phenoxy) is 2. The number of benzene rings is 3. The molecule has 9 nitrogen and oxygen atoms in total. The van der Waals surface area contributed by atoms with Crippen molar-refractivity contribution in [2.45, 2.75) is 31.1 Å². The summed E-state index contributed by atoms with van der Waals surface area (Å²) >= 11 is 1.24. The van der Waals surface area contributed by atoms with Crippen molar-refractivity contribution in [1.29, 1.82) is 0 Å². The number of aliphatic imine (C=N–C) groups is 1. The van der Waals surface area contributed by atoms with Crippen LogP contribution in [0, 0.1) is 0 Å². The van der Waals surface area contributed by atoms with Gasteiger partial charge in [0.2, 0.25) is 5.91 Å². The van der Waals surface area contributed by atoms with Gasteiger partial charge in [-0.25, -0.2) is 5.01 Å². The number of esters is 1. The largest absolute Gasteiger partial charge is 0.497 e. The molecule has 0 unspecified atom stereocenters. The van der Waals surface area contributed by atoms with Gasteiger partial charge >= 0.3 is 5.97 Å². The zero-order valence-electron chi connectivity index (χ0n) is 21.4. The molecule has 2 aliphatic heterocycles. The number of rotatable bonds is 7. The van der Waals surface area contributed by atoms with Crippen molar-refractivity contribution in [2.24, 2.45) is 10.1 Å². The molecule has 0 fully saturated rings. The molecule has 3 aromatic carbocycles.